The third kappa shape index (κ3) is 4.39. The van der Waals surface area contributed by atoms with Crippen LogP contribution in [-0.4, -0.2) is 31.5 Å². The van der Waals surface area contributed by atoms with Crippen LogP contribution in [0.5, 0.6) is 0 Å². The SMILES string of the molecule is O=C(NCCCS(=O)(=O)c1ccccc1)c1ccc([N+](=O)[O-])o1. The Labute approximate surface area is 132 Å². The first kappa shape index (κ1) is 16.7. The Bertz CT molecular complexity index is 798. The van der Waals surface area contributed by atoms with Crippen LogP contribution in [0.3, 0.4) is 0 Å². The molecule has 122 valence electrons. The van der Waals surface area contributed by atoms with E-state index in [4.69, 9.17) is 4.42 Å². The Hall–Kier alpha value is -2.68. The number of hydrogen-bond acceptors (Lipinski definition) is 6. The lowest BCUT2D eigenvalue weighted by atomic mass is 10.4. The van der Waals surface area contributed by atoms with Gasteiger partial charge in [-0.05, 0) is 24.6 Å². The van der Waals surface area contributed by atoms with Crippen molar-refractivity contribution < 1.29 is 22.6 Å². The second kappa shape index (κ2) is 7.05. The van der Waals surface area contributed by atoms with Crippen LogP contribution in [0.2, 0.25) is 0 Å². The lowest BCUT2D eigenvalue weighted by molar-refractivity contribution is -0.402. The topological polar surface area (TPSA) is 120 Å². The molecule has 0 bridgehead atoms. The normalized spacial score (nSPS) is 11.1. The molecule has 1 aromatic carbocycles. The fourth-order valence-electron chi connectivity index (χ4n) is 1.84. The van der Waals surface area contributed by atoms with E-state index in [1.807, 2.05) is 0 Å². The third-order valence-corrected chi connectivity index (χ3v) is 4.79. The fraction of sp³-hybridized carbons (Fsp3) is 0.214. The van der Waals surface area contributed by atoms with Gasteiger partial charge in [0.2, 0.25) is 0 Å². The van der Waals surface area contributed by atoms with Crippen LogP contribution in [0.25, 0.3) is 0 Å². The molecular formula is C14H14N2O6S. The van der Waals surface area contributed by atoms with Crippen LogP contribution in [0.4, 0.5) is 5.88 Å². The van der Waals surface area contributed by atoms with Gasteiger partial charge in [-0.2, -0.15) is 0 Å². The van der Waals surface area contributed by atoms with Gasteiger partial charge < -0.3 is 9.73 Å². The minimum atomic E-state index is -3.39. The van der Waals surface area contributed by atoms with Crippen molar-refractivity contribution in [1.29, 1.82) is 0 Å². The van der Waals surface area contributed by atoms with Gasteiger partial charge in [-0.15, -0.1) is 0 Å². The van der Waals surface area contributed by atoms with E-state index in [9.17, 15) is 23.3 Å². The Morgan fingerprint density at radius 1 is 1.17 bits per heavy atom. The van der Waals surface area contributed by atoms with E-state index in [1.54, 1.807) is 18.2 Å². The summed E-state index contributed by atoms with van der Waals surface area (Å²) in [5, 5.41) is 12.9. The summed E-state index contributed by atoms with van der Waals surface area (Å²) in [6.45, 7) is 0.111. The van der Waals surface area contributed by atoms with Gasteiger partial charge in [0.15, 0.2) is 15.6 Å². The standard InChI is InChI=1S/C14H14N2O6S/c17-14(12-7-8-13(22-12)16(18)19)15-9-4-10-23(20,21)11-5-2-1-3-6-11/h1-3,5-8H,4,9-10H2,(H,15,17). The quantitative estimate of drug-likeness (QED) is 0.467. The van der Waals surface area contributed by atoms with Crippen LogP contribution >= 0.6 is 0 Å². The molecule has 0 saturated heterocycles. The van der Waals surface area contributed by atoms with Crippen LogP contribution in [0, 0.1) is 10.1 Å². The maximum absolute atomic E-state index is 12.0. The molecule has 2 aromatic rings. The molecule has 0 saturated carbocycles. The van der Waals surface area contributed by atoms with Crippen LogP contribution in [-0.2, 0) is 9.84 Å². The summed E-state index contributed by atoms with van der Waals surface area (Å²) >= 11 is 0. The zero-order valence-electron chi connectivity index (χ0n) is 12.0. The Kier molecular flexibility index (Phi) is 5.12. The molecule has 8 nitrogen and oxygen atoms in total. The number of amides is 1. The summed E-state index contributed by atoms with van der Waals surface area (Å²) in [6.07, 6.45) is 0.214. The minimum absolute atomic E-state index is 0.111. The predicted octanol–water partition coefficient (Wildman–Crippen LogP) is 1.78. The highest BCUT2D eigenvalue weighted by atomic mass is 32.2. The lowest BCUT2D eigenvalue weighted by Gasteiger charge is -2.05. The third-order valence-electron chi connectivity index (χ3n) is 2.97. The molecule has 0 radical (unpaired) electrons. The van der Waals surface area contributed by atoms with Gasteiger partial charge >= 0.3 is 5.88 Å². The van der Waals surface area contributed by atoms with Crippen molar-refractivity contribution >= 4 is 21.6 Å². The second-order valence-corrected chi connectivity index (χ2v) is 6.75. The molecule has 0 aliphatic rings. The highest BCUT2D eigenvalue weighted by Crippen LogP contribution is 2.15. The molecule has 1 N–H and O–H groups in total. The van der Waals surface area contributed by atoms with Crippen molar-refractivity contribution in [2.45, 2.75) is 11.3 Å². The Morgan fingerprint density at radius 2 is 1.87 bits per heavy atom. The van der Waals surface area contributed by atoms with E-state index in [1.165, 1.54) is 18.2 Å². The zero-order valence-corrected chi connectivity index (χ0v) is 12.8. The molecule has 2 rings (SSSR count). The number of carbonyl (C=O) groups excluding carboxylic acids is 1. The number of benzene rings is 1. The molecule has 1 heterocycles. The van der Waals surface area contributed by atoms with E-state index in [2.05, 4.69) is 5.32 Å². The molecule has 1 amide bonds. The molecule has 0 fully saturated rings. The summed E-state index contributed by atoms with van der Waals surface area (Å²) in [4.78, 5) is 21.6. The van der Waals surface area contributed by atoms with Gasteiger partial charge in [-0.1, -0.05) is 18.2 Å². The smallest absolute Gasteiger partial charge is 0.395 e. The number of rotatable bonds is 7. The first-order chi connectivity index (χ1) is 10.9. The van der Waals surface area contributed by atoms with Crippen molar-refractivity contribution in [3.63, 3.8) is 0 Å². The Morgan fingerprint density at radius 3 is 2.48 bits per heavy atom. The van der Waals surface area contributed by atoms with Gasteiger partial charge in [-0.3, -0.25) is 14.9 Å². The monoisotopic (exact) mass is 338 g/mol. The molecule has 23 heavy (non-hydrogen) atoms. The molecule has 9 heteroatoms. The first-order valence-corrected chi connectivity index (χ1v) is 8.35. The first-order valence-electron chi connectivity index (χ1n) is 6.70. The van der Waals surface area contributed by atoms with Crippen molar-refractivity contribution in [3.8, 4) is 0 Å². The van der Waals surface area contributed by atoms with Gasteiger partial charge in [0.25, 0.3) is 5.91 Å². The number of nitro groups is 1. The van der Waals surface area contributed by atoms with Crippen molar-refractivity contribution in [1.82, 2.24) is 5.32 Å². The number of sulfone groups is 1. The molecule has 0 aliphatic heterocycles. The predicted molar refractivity (Wildman–Crippen MR) is 80.8 cm³/mol. The average Bonchev–Trinajstić information content (AvgIpc) is 3.02. The summed E-state index contributed by atoms with van der Waals surface area (Å²) in [7, 11) is -3.39. The van der Waals surface area contributed by atoms with Crippen LogP contribution in [0.1, 0.15) is 17.0 Å². The summed E-state index contributed by atoms with van der Waals surface area (Å²) in [6, 6.07) is 10.3. The number of nitrogens with one attached hydrogen (secondary N) is 1. The maximum Gasteiger partial charge on any atom is 0.433 e. The minimum Gasteiger partial charge on any atom is -0.395 e. The molecule has 0 atom stereocenters. The number of carbonyl (C=O) groups is 1. The average molecular weight is 338 g/mol. The Balaban J connectivity index is 1.83. The lowest BCUT2D eigenvalue weighted by Crippen LogP contribution is -2.25. The maximum atomic E-state index is 12.0. The highest BCUT2D eigenvalue weighted by molar-refractivity contribution is 7.91. The van der Waals surface area contributed by atoms with E-state index in [0.29, 0.717) is 0 Å². The molecule has 0 spiro atoms. The molecule has 0 unspecified atom stereocenters. The van der Waals surface area contributed by atoms with Crippen molar-refractivity contribution in [2.24, 2.45) is 0 Å². The van der Waals surface area contributed by atoms with E-state index in [-0.39, 0.29) is 29.4 Å². The van der Waals surface area contributed by atoms with Gasteiger partial charge in [-0.25, -0.2) is 8.42 Å². The van der Waals surface area contributed by atoms with E-state index < -0.39 is 26.6 Å². The highest BCUT2D eigenvalue weighted by Gasteiger charge is 2.17. The van der Waals surface area contributed by atoms with Crippen molar-refractivity contribution in [2.75, 3.05) is 12.3 Å². The van der Waals surface area contributed by atoms with Crippen LogP contribution < -0.4 is 5.32 Å². The largest absolute Gasteiger partial charge is 0.433 e. The van der Waals surface area contributed by atoms with Gasteiger partial charge in [0.05, 0.1) is 16.7 Å². The summed E-state index contributed by atoms with van der Waals surface area (Å²) in [5.74, 6) is -1.46. The summed E-state index contributed by atoms with van der Waals surface area (Å²) < 4.78 is 28.8. The van der Waals surface area contributed by atoms with Crippen molar-refractivity contribution in [3.05, 3.63) is 58.3 Å². The molecule has 0 aliphatic carbocycles. The van der Waals surface area contributed by atoms with Gasteiger partial charge in [0.1, 0.15) is 4.92 Å². The van der Waals surface area contributed by atoms with E-state index >= 15 is 0 Å². The fourth-order valence-corrected chi connectivity index (χ4v) is 3.18. The number of nitrogens with zero attached hydrogens (tertiary/aromatic N) is 1. The van der Waals surface area contributed by atoms with Gasteiger partial charge in [0, 0.05) is 6.54 Å². The zero-order chi connectivity index (χ0) is 16.9. The van der Waals surface area contributed by atoms with E-state index in [0.717, 1.165) is 6.07 Å². The van der Waals surface area contributed by atoms with Crippen LogP contribution in [0.15, 0.2) is 51.8 Å². The number of hydrogen-bond donors (Lipinski definition) is 1. The summed E-state index contributed by atoms with van der Waals surface area (Å²) in [5.41, 5.74) is 0. The molecular weight excluding hydrogens is 324 g/mol. The molecule has 1 aromatic heterocycles. The number of furan rings is 1. The second-order valence-electron chi connectivity index (χ2n) is 4.64.